The van der Waals surface area contributed by atoms with Crippen molar-refractivity contribution in [2.75, 3.05) is 32.1 Å². The number of hydrogen-bond acceptors (Lipinski definition) is 4. The number of carbonyl (C=O) groups is 2. The molecule has 0 fully saturated rings. The van der Waals surface area contributed by atoms with E-state index in [2.05, 4.69) is 21.2 Å². The van der Waals surface area contributed by atoms with Gasteiger partial charge in [-0.2, -0.15) is 0 Å². The summed E-state index contributed by atoms with van der Waals surface area (Å²) < 4.78 is 6.64. The Bertz CT molecular complexity index is 703. The van der Waals surface area contributed by atoms with Gasteiger partial charge in [-0.05, 0) is 35.7 Å². The van der Waals surface area contributed by atoms with Gasteiger partial charge in [0.15, 0.2) is 6.54 Å². The number of hydrogen-bond donors (Lipinski definition) is 3. The quantitative estimate of drug-likeness (QED) is 0.607. The number of likely N-dealkylation sites (N-methyl/N-ethyl adjacent to an activating group) is 1. The first kappa shape index (κ1) is 18.4. The number of quaternary nitrogens is 1. The number of nitrogens with one attached hydrogen (secondary N) is 2. The molecule has 6 nitrogen and oxygen atoms in total. The van der Waals surface area contributed by atoms with Gasteiger partial charge >= 0.3 is 0 Å². The van der Waals surface area contributed by atoms with Crippen molar-refractivity contribution in [1.29, 1.82) is 0 Å². The van der Waals surface area contributed by atoms with Crippen LogP contribution >= 0.6 is 27.3 Å². The van der Waals surface area contributed by atoms with Crippen LogP contribution in [-0.2, 0) is 4.79 Å². The molecule has 0 saturated heterocycles. The Kier molecular flexibility index (Phi) is 6.77. The normalized spacial score (nSPS) is 11.8. The maximum Gasteiger partial charge on any atom is 0.280 e. The van der Waals surface area contributed by atoms with Gasteiger partial charge in [-0.1, -0.05) is 15.9 Å². The SMILES string of the molecule is C[NH+](CCOc1ccc(Br)cc1)CC(=O)Nc1sccc1C(N)=O. The van der Waals surface area contributed by atoms with Gasteiger partial charge in [0.2, 0.25) is 0 Å². The van der Waals surface area contributed by atoms with E-state index in [1.807, 2.05) is 31.3 Å². The van der Waals surface area contributed by atoms with Crippen LogP contribution in [0.25, 0.3) is 0 Å². The number of rotatable bonds is 8. The molecule has 1 unspecified atom stereocenters. The van der Waals surface area contributed by atoms with Crippen molar-refractivity contribution >= 4 is 44.1 Å². The lowest BCUT2D eigenvalue weighted by molar-refractivity contribution is -0.871. The van der Waals surface area contributed by atoms with Crippen LogP contribution in [0.15, 0.2) is 40.2 Å². The highest BCUT2D eigenvalue weighted by molar-refractivity contribution is 9.10. The van der Waals surface area contributed by atoms with Crippen molar-refractivity contribution < 1.29 is 19.2 Å². The first-order chi connectivity index (χ1) is 11.5. The van der Waals surface area contributed by atoms with Crippen LogP contribution in [0.3, 0.4) is 0 Å². The lowest BCUT2D eigenvalue weighted by Crippen LogP contribution is -3.10. The zero-order valence-corrected chi connectivity index (χ0v) is 15.6. The predicted molar refractivity (Wildman–Crippen MR) is 97.7 cm³/mol. The summed E-state index contributed by atoms with van der Waals surface area (Å²) >= 11 is 4.65. The third-order valence-corrected chi connectivity index (χ3v) is 4.62. The van der Waals surface area contributed by atoms with Crippen LogP contribution < -0.4 is 20.7 Å². The van der Waals surface area contributed by atoms with Gasteiger partial charge in [-0.25, -0.2) is 0 Å². The maximum absolute atomic E-state index is 12.0. The van der Waals surface area contributed by atoms with E-state index in [-0.39, 0.29) is 12.5 Å². The van der Waals surface area contributed by atoms with Gasteiger partial charge in [0.05, 0.1) is 12.6 Å². The van der Waals surface area contributed by atoms with Crippen LogP contribution in [0.1, 0.15) is 10.4 Å². The molecule has 0 radical (unpaired) electrons. The van der Waals surface area contributed by atoms with E-state index in [4.69, 9.17) is 10.5 Å². The van der Waals surface area contributed by atoms with E-state index in [9.17, 15) is 9.59 Å². The summed E-state index contributed by atoms with van der Waals surface area (Å²) in [6.07, 6.45) is 0. The molecular weight excluding hydrogens is 394 g/mol. The van der Waals surface area contributed by atoms with E-state index in [0.29, 0.717) is 23.7 Å². The first-order valence-electron chi connectivity index (χ1n) is 7.32. The van der Waals surface area contributed by atoms with Gasteiger partial charge in [-0.15, -0.1) is 11.3 Å². The number of carbonyl (C=O) groups excluding carboxylic acids is 2. The minimum atomic E-state index is -0.546. The lowest BCUT2D eigenvalue weighted by atomic mass is 10.3. The Morgan fingerprint density at radius 2 is 2.00 bits per heavy atom. The summed E-state index contributed by atoms with van der Waals surface area (Å²) in [4.78, 5) is 24.3. The van der Waals surface area contributed by atoms with Crippen molar-refractivity contribution in [1.82, 2.24) is 0 Å². The van der Waals surface area contributed by atoms with E-state index in [1.165, 1.54) is 11.3 Å². The molecule has 1 aromatic heterocycles. The fraction of sp³-hybridized carbons (Fsp3) is 0.250. The Hall–Kier alpha value is -1.90. The smallest absolute Gasteiger partial charge is 0.280 e. The largest absolute Gasteiger partial charge is 0.488 e. The number of thiophene rings is 1. The Balaban J connectivity index is 1.74. The molecule has 0 aliphatic heterocycles. The Morgan fingerprint density at radius 1 is 1.29 bits per heavy atom. The van der Waals surface area contributed by atoms with Gasteiger partial charge < -0.3 is 20.7 Å². The summed E-state index contributed by atoms with van der Waals surface area (Å²) in [5, 5.41) is 4.94. The van der Waals surface area contributed by atoms with Crippen LogP contribution in [0.2, 0.25) is 0 Å². The second-order valence-electron chi connectivity index (χ2n) is 5.26. The fourth-order valence-electron chi connectivity index (χ4n) is 2.01. The van der Waals surface area contributed by atoms with Gasteiger partial charge in [0.1, 0.15) is 23.9 Å². The molecule has 1 aromatic carbocycles. The molecule has 128 valence electrons. The molecule has 2 rings (SSSR count). The predicted octanol–water partition coefficient (Wildman–Crippen LogP) is 1.14. The van der Waals surface area contributed by atoms with Gasteiger partial charge in [0.25, 0.3) is 11.8 Å². The maximum atomic E-state index is 12.0. The highest BCUT2D eigenvalue weighted by Gasteiger charge is 2.15. The first-order valence-corrected chi connectivity index (χ1v) is 9.00. The zero-order valence-electron chi connectivity index (χ0n) is 13.2. The molecule has 2 amide bonds. The fourth-order valence-corrected chi connectivity index (χ4v) is 3.08. The second kappa shape index (κ2) is 8.81. The summed E-state index contributed by atoms with van der Waals surface area (Å²) in [7, 11) is 1.91. The third kappa shape index (κ3) is 5.63. The number of anilines is 1. The average molecular weight is 413 g/mol. The van der Waals surface area contributed by atoms with Crippen molar-refractivity contribution in [2.45, 2.75) is 0 Å². The van der Waals surface area contributed by atoms with Crippen LogP contribution in [0.4, 0.5) is 5.00 Å². The van der Waals surface area contributed by atoms with Crippen molar-refractivity contribution in [3.05, 3.63) is 45.7 Å². The number of nitrogens with two attached hydrogens (primary N) is 1. The Morgan fingerprint density at radius 3 is 2.67 bits per heavy atom. The Labute approximate surface area is 152 Å². The number of primary amides is 1. The minimum Gasteiger partial charge on any atom is -0.488 e. The number of amides is 2. The van der Waals surface area contributed by atoms with E-state index in [0.717, 1.165) is 15.1 Å². The third-order valence-electron chi connectivity index (χ3n) is 3.26. The van der Waals surface area contributed by atoms with E-state index >= 15 is 0 Å². The molecule has 24 heavy (non-hydrogen) atoms. The van der Waals surface area contributed by atoms with E-state index < -0.39 is 5.91 Å². The molecular formula is C16H19BrN3O3S+. The zero-order chi connectivity index (χ0) is 17.5. The molecule has 1 atom stereocenters. The van der Waals surface area contributed by atoms with E-state index in [1.54, 1.807) is 11.4 Å². The topological polar surface area (TPSA) is 85.9 Å². The summed E-state index contributed by atoms with van der Waals surface area (Å²) in [6, 6.07) is 9.20. The highest BCUT2D eigenvalue weighted by atomic mass is 79.9. The molecule has 0 spiro atoms. The van der Waals surface area contributed by atoms with Crippen molar-refractivity contribution in [3.63, 3.8) is 0 Å². The number of benzene rings is 1. The summed E-state index contributed by atoms with van der Waals surface area (Å²) in [5.74, 6) is 0.0800. The molecule has 4 N–H and O–H groups in total. The van der Waals surface area contributed by atoms with Crippen LogP contribution in [0, 0.1) is 0 Å². The number of ether oxygens (including phenoxy) is 1. The molecule has 0 saturated carbocycles. The van der Waals surface area contributed by atoms with Gasteiger partial charge in [0, 0.05) is 4.47 Å². The minimum absolute atomic E-state index is 0.166. The van der Waals surface area contributed by atoms with Crippen molar-refractivity contribution in [2.24, 2.45) is 5.73 Å². The summed E-state index contributed by atoms with van der Waals surface area (Å²) in [6.45, 7) is 1.46. The molecule has 0 bridgehead atoms. The van der Waals surface area contributed by atoms with Crippen LogP contribution in [-0.4, -0.2) is 38.6 Å². The second-order valence-corrected chi connectivity index (χ2v) is 7.09. The standard InChI is InChI=1S/C16H18BrN3O3S/c1-20(7-8-23-12-4-2-11(17)3-5-12)10-14(21)19-16-13(15(18)22)6-9-24-16/h2-6,9H,7-8,10H2,1H3,(H2,18,22)(H,19,21)/p+1. The average Bonchev–Trinajstić information content (AvgIpc) is 2.97. The monoisotopic (exact) mass is 412 g/mol. The molecule has 1 heterocycles. The molecule has 2 aromatic rings. The molecule has 0 aliphatic carbocycles. The lowest BCUT2D eigenvalue weighted by Gasteiger charge is -2.14. The molecule has 8 heteroatoms. The summed E-state index contributed by atoms with van der Waals surface area (Å²) in [5.41, 5.74) is 5.60. The highest BCUT2D eigenvalue weighted by Crippen LogP contribution is 2.22. The van der Waals surface area contributed by atoms with Crippen molar-refractivity contribution in [3.8, 4) is 5.75 Å². The molecule has 0 aliphatic rings. The van der Waals surface area contributed by atoms with Gasteiger partial charge in [-0.3, -0.25) is 9.59 Å². The van der Waals surface area contributed by atoms with Crippen LogP contribution in [0.5, 0.6) is 5.75 Å². The number of halogens is 1.